The molecule has 5 heteroatoms. The summed E-state index contributed by atoms with van der Waals surface area (Å²) in [6, 6.07) is 15.4. The van der Waals surface area contributed by atoms with Gasteiger partial charge in [0.25, 0.3) is 0 Å². The fourth-order valence-corrected chi connectivity index (χ4v) is 4.16. The van der Waals surface area contributed by atoms with Crippen LogP contribution in [0.1, 0.15) is 28.5 Å². The first kappa shape index (κ1) is 20.0. The van der Waals surface area contributed by atoms with Crippen LogP contribution in [0, 0.1) is 13.8 Å². The number of carbonyl (C=O) groups excluding carboxylic acids is 1. The van der Waals surface area contributed by atoms with Gasteiger partial charge in [0.2, 0.25) is 0 Å². The second kappa shape index (κ2) is 8.25. The van der Waals surface area contributed by atoms with E-state index in [0.717, 1.165) is 44.3 Å². The summed E-state index contributed by atoms with van der Waals surface area (Å²) in [5.74, 6) is -0.443. The van der Waals surface area contributed by atoms with Gasteiger partial charge < -0.3 is 4.74 Å². The Kier molecular flexibility index (Phi) is 5.51. The van der Waals surface area contributed by atoms with Crippen LogP contribution < -0.4 is 0 Å². The second-order valence-electron chi connectivity index (χ2n) is 7.08. The number of hydrogen-bond donors (Lipinski definition) is 0. The van der Waals surface area contributed by atoms with E-state index in [-0.39, 0.29) is 5.69 Å². The first-order chi connectivity index (χ1) is 14.5. The molecule has 4 nitrogen and oxygen atoms in total. The molecule has 0 radical (unpaired) electrons. The maximum Gasteiger partial charge on any atom is 0.356 e. The van der Waals surface area contributed by atoms with Gasteiger partial charge >= 0.3 is 5.97 Å². The van der Waals surface area contributed by atoms with Crippen molar-refractivity contribution in [3.8, 4) is 22.3 Å². The molecule has 0 aliphatic carbocycles. The van der Waals surface area contributed by atoms with Crippen LogP contribution in [0.15, 0.2) is 60.9 Å². The Morgan fingerprint density at radius 2 is 1.77 bits per heavy atom. The van der Waals surface area contributed by atoms with Gasteiger partial charge in [-0.15, -0.1) is 0 Å². The van der Waals surface area contributed by atoms with Gasteiger partial charge in [-0.1, -0.05) is 29.8 Å². The summed E-state index contributed by atoms with van der Waals surface area (Å²) in [5, 5.41) is 1.58. The Morgan fingerprint density at radius 1 is 1.03 bits per heavy atom. The topological polar surface area (TPSA) is 52.1 Å². The van der Waals surface area contributed by atoms with E-state index in [1.54, 1.807) is 25.4 Å². The summed E-state index contributed by atoms with van der Waals surface area (Å²) < 4.78 is 5.21. The van der Waals surface area contributed by atoms with Crippen LogP contribution in [-0.4, -0.2) is 22.5 Å². The lowest BCUT2D eigenvalue weighted by Crippen LogP contribution is -2.08. The minimum atomic E-state index is -0.443. The van der Waals surface area contributed by atoms with Crippen molar-refractivity contribution >= 4 is 28.5 Å². The summed E-state index contributed by atoms with van der Waals surface area (Å²) in [7, 11) is 0. The molecule has 4 aromatic rings. The van der Waals surface area contributed by atoms with Crippen molar-refractivity contribution in [1.82, 2.24) is 9.97 Å². The molecule has 0 bridgehead atoms. The highest BCUT2D eigenvalue weighted by molar-refractivity contribution is 6.33. The Bertz CT molecular complexity index is 1250. The van der Waals surface area contributed by atoms with E-state index in [0.29, 0.717) is 11.6 Å². The molecule has 0 atom stereocenters. The highest BCUT2D eigenvalue weighted by atomic mass is 35.5. The van der Waals surface area contributed by atoms with Crippen molar-refractivity contribution in [1.29, 1.82) is 0 Å². The number of aromatic nitrogens is 2. The molecule has 0 unspecified atom stereocenters. The van der Waals surface area contributed by atoms with Crippen molar-refractivity contribution in [3.05, 3.63) is 82.8 Å². The fourth-order valence-electron chi connectivity index (χ4n) is 3.93. The minimum absolute atomic E-state index is 0.273. The summed E-state index contributed by atoms with van der Waals surface area (Å²) in [4.78, 5) is 21.3. The van der Waals surface area contributed by atoms with Crippen LogP contribution in [0.3, 0.4) is 0 Å². The SMILES string of the molecule is CCOC(=O)c1cc(-c2ccccc2Cl)c2c(C)c(-c3ccncc3)c(C)cc2n1. The maximum atomic E-state index is 12.5. The molecule has 0 aliphatic rings. The molecule has 2 aromatic heterocycles. The number of pyridine rings is 2. The number of ether oxygens (including phenoxy) is 1. The third-order valence-corrected chi connectivity index (χ3v) is 5.49. The van der Waals surface area contributed by atoms with Crippen LogP contribution in [0.2, 0.25) is 5.02 Å². The minimum Gasteiger partial charge on any atom is -0.461 e. The third kappa shape index (κ3) is 3.55. The van der Waals surface area contributed by atoms with E-state index < -0.39 is 5.97 Å². The van der Waals surface area contributed by atoms with Gasteiger partial charge in [-0.25, -0.2) is 9.78 Å². The predicted molar refractivity (Wildman–Crippen MR) is 121 cm³/mol. The van der Waals surface area contributed by atoms with Crippen molar-refractivity contribution < 1.29 is 9.53 Å². The Morgan fingerprint density at radius 3 is 2.47 bits per heavy atom. The van der Waals surface area contributed by atoms with Crippen molar-refractivity contribution in [3.63, 3.8) is 0 Å². The number of fused-ring (bicyclic) bond motifs is 1. The molecule has 0 aliphatic heterocycles. The molecule has 0 fully saturated rings. The van der Waals surface area contributed by atoms with Crippen LogP contribution >= 0.6 is 11.6 Å². The summed E-state index contributed by atoms with van der Waals surface area (Å²) in [5.41, 5.74) is 7.09. The lowest BCUT2D eigenvalue weighted by Gasteiger charge is -2.18. The number of hydrogen-bond acceptors (Lipinski definition) is 4. The van der Waals surface area contributed by atoms with Crippen molar-refractivity contribution in [2.45, 2.75) is 20.8 Å². The Hall–Kier alpha value is -3.24. The van der Waals surface area contributed by atoms with Gasteiger partial charge in [-0.05, 0) is 78.9 Å². The van der Waals surface area contributed by atoms with Crippen LogP contribution in [0.5, 0.6) is 0 Å². The zero-order valence-corrected chi connectivity index (χ0v) is 17.8. The lowest BCUT2D eigenvalue weighted by molar-refractivity contribution is 0.0520. The molecule has 0 N–H and O–H groups in total. The largest absolute Gasteiger partial charge is 0.461 e. The number of benzene rings is 2. The van der Waals surface area contributed by atoms with Crippen molar-refractivity contribution in [2.75, 3.05) is 6.61 Å². The van der Waals surface area contributed by atoms with Gasteiger partial charge in [-0.2, -0.15) is 0 Å². The smallest absolute Gasteiger partial charge is 0.356 e. The van der Waals surface area contributed by atoms with Gasteiger partial charge in [0.1, 0.15) is 5.69 Å². The van der Waals surface area contributed by atoms with E-state index >= 15 is 0 Å². The molecule has 0 spiro atoms. The van der Waals surface area contributed by atoms with Crippen LogP contribution in [0.25, 0.3) is 33.2 Å². The Labute approximate surface area is 180 Å². The number of halogens is 1. The second-order valence-corrected chi connectivity index (χ2v) is 7.49. The summed E-state index contributed by atoms with van der Waals surface area (Å²) in [6.07, 6.45) is 3.57. The van der Waals surface area contributed by atoms with Crippen LogP contribution in [-0.2, 0) is 4.74 Å². The molecule has 2 aromatic carbocycles. The molecule has 150 valence electrons. The van der Waals surface area contributed by atoms with E-state index in [9.17, 15) is 4.79 Å². The normalized spacial score (nSPS) is 10.9. The lowest BCUT2D eigenvalue weighted by atomic mass is 9.89. The van der Waals surface area contributed by atoms with Gasteiger partial charge in [0, 0.05) is 28.4 Å². The molecular weight excluding hydrogens is 396 g/mol. The number of aryl methyl sites for hydroxylation is 2. The van der Waals surface area contributed by atoms with Gasteiger partial charge in [0.15, 0.2) is 0 Å². The molecule has 30 heavy (non-hydrogen) atoms. The van der Waals surface area contributed by atoms with Gasteiger partial charge in [0.05, 0.1) is 12.1 Å². The van der Waals surface area contributed by atoms with E-state index in [4.69, 9.17) is 16.3 Å². The molecular formula is C25H21ClN2O2. The third-order valence-electron chi connectivity index (χ3n) is 5.16. The first-order valence-corrected chi connectivity index (χ1v) is 10.2. The molecule has 0 saturated carbocycles. The highest BCUT2D eigenvalue weighted by Gasteiger charge is 2.20. The summed E-state index contributed by atoms with van der Waals surface area (Å²) in [6.45, 7) is 6.20. The fraction of sp³-hybridized carbons (Fsp3) is 0.160. The molecule has 0 saturated heterocycles. The quantitative estimate of drug-likeness (QED) is 0.360. The van der Waals surface area contributed by atoms with E-state index in [1.165, 1.54) is 0 Å². The zero-order valence-electron chi connectivity index (χ0n) is 17.1. The monoisotopic (exact) mass is 416 g/mol. The Balaban J connectivity index is 2.10. The maximum absolute atomic E-state index is 12.5. The predicted octanol–water partition coefficient (Wildman–Crippen LogP) is 6.41. The number of carbonyl (C=O) groups is 1. The van der Waals surface area contributed by atoms with E-state index in [1.807, 2.05) is 42.5 Å². The number of esters is 1. The molecule has 0 amide bonds. The average molecular weight is 417 g/mol. The highest BCUT2D eigenvalue weighted by Crippen LogP contribution is 2.40. The molecule has 4 rings (SSSR count). The summed E-state index contributed by atoms with van der Waals surface area (Å²) >= 11 is 6.55. The van der Waals surface area contributed by atoms with Crippen LogP contribution in [0.4, 0.5) is 0 Å². The van der Waals surface area contributed by atoms with Crippen molar-refractivity contribution in [2.24, 2.45) is 0 Å². The molecule has 2 heterocycles. The first-order valence-electron chi connectivity index (χ1n) is 9.78. The standard InChI is InChI=1S/C25H21ClN2O2/c1-4-30-25(29)22-14-19(18-7-5-6-8-20(18)26)24-16(3)23(15(2)13-21(24)28-22)17-9-11-27-12-10-17/h5-14H,4H2,1-3H3. The number of nitrogens with zero attached hydrogens (tertiary/aromatic N) is 2. The average Bonchev–Trinajstić information content (AvgIpc) is 2.74. The zero-order chi connectivity index (χ0) is 21.3. The number of rotatable bonds is 4. The van der Waals surface area contributed by atoms with Gasteiger partial charge in [-0.3, -0.25) is 4.98 Å². The van der Waals surface area contributed by atoms with E-state index in [2.05, 4.69) is 23.8 Å².